The highest BCUT2D eigenvalue weighted by Gasteiger charge is 2.23. The lowest BCUT2D eigenvalue weighted by Gasteiger charge is -2.17. The molecule has 0 bridgehead atoms. The van der Waals surface area contributed by atoms with E-state index in [4.69, 9.17) is 21.2 Å². The number of nitrogens with two attached hydrogens (primary N) is 2. The van der Waals surface area contributed by atoms with Crippen LogP contribution in [0.25, 0.3) is 11.1 Å². The van der Waals surface area contributed by atoms with Crippen molar-refractivity contribution in [1.29, 1.82) is 0 Å². The van der Waals surface area contributed by atoms with Crippen LogP contribution in [0.5, 0.6) is 11.5 Å². The molecule has 2 amide bonds. The Hall–Kier alpha value is -3.10. The third-order valence-corrected chi connectivity index (χ3v) is 3.65. The second-order valence-corrected chi connectivity index (χ2v) is 5.20. The molecule has 2 aromatic carbocycles. The van der Waals surface area contributed by atoms with Gasteiger partial charge in [-0.05, 0) is 43.7 Å². The number of hydrogen-bond acceptors (Lipinski definition) is 6. The molecule has 0 aromatic heterocycles. The van der Waals surface area contributed by atoms with Crippen molar-refractivity contribution < 1.29 is 19.1 Å². The van der Waals surface area contributed by atoms with Crippen molar-refractivity contribution in [2.75, 3.05) is 13.2 Å². The van der Waals surface area contributed by atoms with E-state index < -0.39 is 11.8 Å². The van der Waals surface area contributed by atoms with E-state index in [2.05, 4.69) is 5.43 Å². The van der Waals surface area contributed by atoms with Crippen molar-refractivity contribution in [2.45, 2.75) is 13.8 Å². The third-order valence-electron chi connectivity index (χ3n) is 3.65. The minimum absolute atomic E-state index is 0.0903. The lowest BCUT2D eigenvalue weighted by Crippen LogP contribution is -2.35. The maximum atomic E-state index is 12.4. The van der Waals surface area contributed by atoms with Gasteiger partial charge in [0.15, 0.2) is 0 Å². The molecule has 8 nitrogen and oxygen atoms in total. The predicted molar refractivity (Wildman–Crippen MR) is 97.5 cm³/mol. The fraction of sp³-hybridized carbons (Fsp3) is 0.222. The van der Waals surface area contributed by atoms with E-state index in [0.29, 0.717) is 35.8 Å². The second kappa shape index (κ2) is 8.84. The van der Waals surface area contributed by atoms with Crippen LogP contribution in [0.15, 0.2) is 36.4 Å². The van der Waals surface area contributed by atoms with Crippen LogP contribution in [-0.4, -0.2) is 25.0 Å². The maximum absolute atomic E-state index is 12.4. The summed E-state index contributed by atoms with van der Waals surface area (Å²) in [5, 5.41) is 0. The monoisotopic (exact) mass is 358 g/mol. The van der Waals surface area contributed by atoms with Crippen LogP contribution in [0.1, 0.15) is 34.6 Å². The summed E-state index contributed by atoms with van der Waals surface area (Å²) in [6.45, 7) is 4.64. The molecule has 0 saturated heterocycles. The molecule has 8 heteroatoms. The van der Waals surface area contributed by atoms with Gasteiger partial charge in [0.25, 0.3) is 11.8 Å². The average Bonchev–Trinajstić information content (AvgIpc) is 2.67. The molecule has 2 rings (SSSR count). The molecule has 6 N–H and O–H groups in total. The molecule has 0 aliphatic carbocycles. The van der Waals surface area contributed by atoms with Gasteiger partial charge in [0.2, 0.25) is 0 Å². The van der Waals surface area contributed by atoms with Crippen molar-refractivity contribution >= 4 is 11.8 Å². The molecule has 26 heavy (non-hydrogen) atoms. The normalized spacial score (nSPS) is 10.2. The number of hydrogen-bond donors (Lipinski definition) is 4. The summed E-state index contributed by atoms with van der Waals surface area (Å²) in [5.41, 5.74) is 5.36. The second-order valence-electron chi connectivity index (χ2n) is 5.20. The van der Waals surface area contributed by atoms with Crippen molar-refractivity contribution in [1.82, 2.24) is 10.9 Å². The van der Waals surface area contributed by atoms with Crippen molar-refractivity contribution in [3.8, 4) is 22.6 Å². The van der Waals surface area contributed by atoms with Crippen LogP contribution >= 0.6 is 0 Å². The van der Waals surface area contributed by atoms with Crippen LogP contribution in [0.3, 0.4) is 0 Å². The first-order valence-electron chi connectivity index (χ1n) is 8.12. The van der Waals surface area contributed by atoms with Crippen molar-refractivity contribution in [3.05, 3.63) is 47.5 Å². The molecular weight excluding hydrogens is 336 g/mol. The van der Waals surface area contributed by atoms with E-state index in [1.54, 1.807) is 30.3 Å². The summed E-state index contributed by atoms with van der Waals surface area (Å²) in [7, 11) is 0. The van der Waals surface area contributed by atoms with E-state index in [9.17, 15) is 9.59 Å². The van der Waals surface area contributed by atoms with Gasteiger partial charge in [-0.2, -0.15) is 0 Å². The highest BCUT2D eigenvalue weighted by molar-refractivity contribution is 6.11. The molecule has 0 spiro atoms. The number of nitrogen functional groups attached to an aromatic ring is 2. The van der Waals surface area contributed by atoms with Gasteiger partial charge in [0.05, 0.1) is 24.3 Å². The van der Waals surface area contributed by atoms with Gasteiger partial charge in [0.1, 0.15) is 11.5 Å². The van der Waals surface area contributed by atoms with Crippen LogP contribution in [0.2, 0.25) is 0 Å². The van der Waals surface area contributed by atoms with Gasteiger partial charge >= 0.3 is 0 Å². The van der Waals surface area contributed by atoms with Gasteiger partial charge < -0.3 is 9.47 Å². The fourth-order valence-electron chi connectivity index (χ4n) is 2.62. The molecule has 0 heterocycles. The molecule has 138 valence electrons. The zero-order valence-corrected chi connectivity index (χ0v) is 14.7. The van der Waals surface area contributed by atoms with Gasteiger partial charge in [0, 0.05) is 5.56 Å². The summed E-state index contributed by atoms with van der Waals surface area (Å²) in [5.74, 6) is 10.5. The molecule has 0 unspecified atom stereocenters. The Balaban J connectivity index is 2.76. The minimum Gasteiger partial charge on any atom is -0.494 e. The van der Waals surface area contributed by atoms with E-state index in [-0.39, 0.29) is 11.1 Å². The molecular formula is C18H22N4O4. The van der Waals surface area contributed by atoms with Crippen LogP contribution in [0, 0.1) is 0 Å². The smallest absolute Gasteiger partial charge is 0.266 e. The Morgan fingerprint density at radius 3 is 2.23 bits per heavy atom. The van der Waals surface area contributed by atoms with E-state index >= 15 is 0 Å². The topological polar surface area (TPSA) is 129 Å². The summed E-state index contributed by atoms with van der Waals surface area (Å²) in [6, 6.07) is 10.1. The molecule has 0 aliphatic rings. The predicted octanol–water partition coefficient (Wildman–Crippen LogP) is 1.36. The lowest BCUT2D eigenvalue weighted by atomic mass is 9.93. The number of nitrogens with one attached hydrogen (secondary N) is 2. The van der Waals surface area contributed by atoms with Crippen LogP contribution in [-0.2, 0) is 0 Å². The zero-order chi connectivity index (χ0) is 19.1. The summed E-state index contributed by atoms with van der Waals surface area (Å²) in [6.07, 6.45) is 0. The first-order chi connectivity index (χ1) is 12.6. The fourth-order valence-corrected chi connectivity index (χ4v) is 2.62. The number of rotatable bonds is 7. The largest absolute Gasteiger partial charge is 0.494 e. The number of amides is 2. The quantitative estimate of drug-likeness (QED) is 0.336. The average molecular weight is 358 g/mol. The first kappa shape index (κ1) is 19.2. The van der Waals surface area contributed by atoms with Crippen molar-refractivity contribution in [2.24, 2.45) is 11.7 Å². The van der Waals surface area contributed by atoms with Crippen molar-refractivity contribution in [3.63, 3.8) is 0 Å². The van der Waals surface area contributed by atoms with Gasteiger partial charge in [-0.1, -0.05) is 12.1 Å². The molecule has 2 aromatic rings. The Morgan fingerprint density at radius 1 is 0.923 bits per heavy atom. The lowest BCUT2D eigenvalue weighted by molar-refractivity contribution is 0.0920. The highest BCUT2D eigenvalue weighted by atomic mass is 16.5. The summed E-state index contributed by atoms with van der Waals surface area (Å²) < 4.78 is 11.2. The minimum atomic E-state index is -0.622. The number of ether oxygens (including phenoxy) is 2. The van der Waals surface area contributed by atoms with Crippen LogP contribution in [0.4, 0.5) is 0 Å². The first-order valence-corrected chi connectivity index (χ1v) is 8.12. The Morgan fingerprint density at radius 2 is 1.62 bits per heavy atom. The highest BCUT2D eigenvalue weighted by Crippen LogP contribution is 2.36. The molecule has 0 aliphatic heterocycles. The molecule has 0 fully saturated rings. The van der Waals surface area contributed by atoms with Gasteiger partial charge in [-0.15, -0.1) is 0 Å². The summed E-state index contributed by atoms with van der Waals surface area (Å²) in [4.78, 5) is 24.5. The van der Waals surface area contributed by atoms with E-state index in [0.717, 1.165) is 0 Å². The van der Waals surface area contributed by atoms with E-state index in [1.807, 2.05) is 19.3 Å². The maximum Gasteiger partial charge on any atom is 0.266 e. The SMILES string of the molecule is CCOc1ccc(OCC)c(-c2cccc(C(=O)NN)c2C(=O)NN)c1. The zero-order valence-electron chi connectivity index (χ0n) is 14.7. The Bertz CT molecular complexity index is 808. The summed E-state index contributed by atoms with van der Waals surface area (Å²) >= 11 is 0. The Labute approximate surface area is 151 Å². The molecule has 0 saturated carbocycles. The van der Waals surface area contributed by atoms with E-state index in [1.165, 1.54) is 6.07 Å². The standard InChI is InChI=1S/C18H22N4O4/c1-3-25-11-8-9-15(26-4-2)14(10-11)12-6-5-7-13(17(23)21-19)16(12)18(24)22-20/h5-10H,3-4,19-20H2,1-2H3,(H,21,23)(H,22,24). The third kappa shape index (κ3) is 3.93. The Kier molecular flexibility index (Phi) is 6.54. The van der Waals surface area contributed by atoms with Gasteiger partial charge in [-0.25, -0.2) is 11.7 Å². The van der Waals surface area contributed by atoms with Crippen LogP contribution < -0.4 is 32.0 Å². The number of benzene rings is 2. The number of hydrazine groups is 2. The number of carbonyl (C=O) groups is 2. The molecule has 0 atom stereocenters. The van der Waals surface area contributed by atoms with Gasteiger partial charge in [-0.3, -0.25) is 20.4 Å². The molecule has 0 radical (unpaired) electrons. The number of carbonyl (C=O) groups excluding carboxylic acids is 2.